The molecule has 0 radical (unpaired) electrons. The quantitative estimate of drug-likeness (QED) is 0.860. The first-order valence-corrected chi connectivity index (χ1v) is 9.72. The number of amides is 1. The first-order valence-electron chi connectivity index (χ1n) is 7.77. The van der Waals surface area contributed by atoms with Crippen LogP contribution in [-0.2, 0) is 0 Å². The molecule has 0 bridgehead atoms. The summed E-state index contributed by atoms with van der Waals surface area (Å²) in [5, 5.41) is 7.65. The van der Waals surface area contributed by atoms with Gasteiger partial charge in [0.1, 0.15) is 0 Å². The van der Waals surface area contributed by atoms with Crippen molar-refractivity contribution in [3.05, 3.63) is 45.7 Å². The largest absolute Gasteiger partial charge is 0.349 e. The van der Waals surface area contributed by atoms with Crippen molar-refractivity contribution < 1.29 is 4.79 Å². The summed E-state index contributed by atoms with van der Waals surface area (Å²) in [7, 11) is 0. The molecule has 4 nitrogen and oxygen atoms in total. The van der Waals surface area contributed by atoms with Gasteiger partial charge >= 0.3 is 0 Å². The number of aromatic nitrogens is 2. The number of hydrogen-bond acceptors (Lipinski definition) is 3. The van der Waals surface area contributed by atoms with Crippen LogP contribution in [0.1, 0.15) is 34.6 Å². The van der Waals surface area contributed by atoms with Crippen LogP contribution in [0.4, 0.5) is 0 Å². The molecule has 1 aromatic heterocycles. The summed E-state index contributed by atoms with van der Waals surface area (Å²) >= 11 is 5.50. The maximum atomic E-state index is 12.3. The molecular weight excluding hydrogens is 374 g/mol. The van der Waals surface area contributed by atoms with Crippen LogP contribution in [0.15, 0.2) is 28.7 Å². The minimum Gasteiger partial charge on any atom is -0.349 e. The Morgan fingerprint density at radius 2 is 1.91 bits per heavy atom. The Balaban J connectivity index is 1.73. The molecule has 1 saturated heterocycles. The molecule has 1 aliphatic rings. The van der Waals surface area contributed by atoms with Crippen molar-refractivity contribution in [3.8, 4) is 5.69 Å². The average molecular weight is 394 g/mol. The van der Waals surface area contributed by atoms with E-state index in [1.807, 2.05) is 54.6 Å². The maximum Gasteiger partial charge on any atom is 0.251 e. The van der Waals surface area contributed by atoms with Crippen LogP contribution in [0.2, 0.25) is 0 Å². The minimum absolute atomic E-state index is 0.0167. The SMILES string of the molecule is Cc1nn(-c2ccc(C(=O)NC3CCSCC3)cc2)c(C)c1Br. The Morgan fingerprint density at radius 3 is 2.48 bits per heavy atom. The average Bonchev–Trinajstić information content (AvgIpc) is 2.83. The molecule has 0 aliphatic carbocycles. The number of benzene rings is 1. The van der Waals surface area contributed by atoms with Crippen LogP contribution in [0, 0.1) is 13.8 Å². The van der Waals surface area contributed by atoms with E-state index in [0.717, 1.165) is 45.9 Å². The summed E-state index contributed by atoms with van der Waals surface area (Å²) in [5.74, 6) is 2.29. The van der Waals surface area contributed by atoms with E-state index in [1.54, 1.807) is 0 Å². The van der Waals surface area contributed by atoms with Gasteiger partial charge in [-0.05, 0) is 78.4 Å². The number of thioether (sulfide) groups is 1. The van der Waals surface area contributed by atoms with Gasteiger partial charge in [0.25, 0.3) is 5.91 Å². The second-order valence-corrected chi connectivity index (χ2v) is 7.82. The Bertz CT molecular complexity index is 705. The molecule has 0 saturated carbocycles. The second kappa shape index (κ2) is 7.09. The van der Waals surface area contributed by atoms with Crippen LogP contribution in [0.25, 0.3) is 5.69 Å². The molecule has 23 heavy (non-hydrogen) atoms. The molecule has 6 heteroatoms. The summed E-state index contributed by atoms with van der Waals surface area (Å²) in [6.45, 7) is 3.99. The number of carbonyl (C=O) groups is 1. The van der Waals surface area contributed by atoms with E-state index in [4.69, 9.17) is 0 Å². The summed E-state index contributed by atoms with van der Waals surface area (Å²) in [4.78, 5) is 12.3. The Labute approximate surface area is 149 Å². The molecule has 2 aromatic rings. The highest BCUT2D eigenvalue weighted by Gasteiger charge is 2.17. The third-order valence-corrected chi connectivity index (χ3v) is 6.33. The predicted molar refractivity (Wildman–Crippen MR) is 98.6 cm³/mol. The van der Waals surface area contributed by atoms with Gasteiger partial charge in [0.05, 0.1) is 21.5 Å². The number of carbonyl (C=O) groups excluding carboxylic acids is 1. The molecule has 1 N–H and O–H groups in total. The Morgan fingerprint density at radius 1 is 1.26 bits per heavy atom. The molecule has 1 amide bonds. The van der Waals surface area contributed by atoms with E-state index in [-0.39, 0.29) is 5.91 Å². The third-order valence-electron chi connectivity index (χ3n) is 4.13. The fourth-order valence-electron chi connectivity index (χ4n) is 2.74. The fraction of sp³-hybridized carbons (Fsp3) is 0.412. The first kappa shape index (κ1) is 16.6. The zero-order chi connectivity index (χ0) is 16.4. The van der Waals surface area contributed by atoms with Crippen LogP contribution >= 0.6 is 27.7 Å². The highest BCUT2D eigenvalue weighted by Crippen LogP contribution is 2.23. The summed E-state index contributed by atoms with van der Waals surface area (Å²) in [5.41, 5.74) is 3.67. The van der Waals surface area contributed by atoms with Crippen molar-refractivity contribution in [2.45, 2.75) is 32.7 Å². The van der Waals surface area contributed by atoms with Crippen LogP contribution in [-0.4, -0.2) is 33.2 Å². The lowest BCUT2D eigenvalue weighted by Crippen LogP contribution is -2.37. The van der Waals surface area contributed by atoms with E-state index < -0.39 is 0 Å². The van der Waals surface area contributed by atoms with Crippen molar-refractivity contribution in [2.75, 3.05) is 11.5 Å². The van der Waals surface area contributed by atoms with E-state index in [9.17, 15) is 4.79 Å². The summed E-state index contributed by atoms with van der Waals surface area (Å²) in [6.07, 6.45) is 2.13. The van der Waals surface area contributed by atoms with Gasteiger partial charge in [-0.3, -0.25) is 4.79 Å². The van der Waals surface area contributed by atoms with Gasteiger partial charge in [0, 0.05) is 11.6 Å². The van der Waals surface area contributed by atoms with Crippen molar-refractivity contribution in [1.82, 2.24) is 15.1 Å². The first-order chi connectivity index (χ1) is 11.1. The van der Waals surface area contributed by atoms with Crippen molar-refractivity contribution in [1.29, 1.82) is 0 Å². The topological polar surface area (TPSA) is 46.9 Å². The number of nitrogens with one attached hydrogen (secondary N) is 1. The maximum absolute atomic E-state index is 12.3. The smallest absolute Gasteiger partial charge is 0.251 e. The molecule has 0 spiro atoms. The van der Waals surface area contributed by atoms with Crippen LogP contribution in [0.3, 0.4) is 0 Å². The molecule has 122 valence electrons. The van der Waals surface area contributed by atoms with E-state index in [2.05, 4.69) is 26.3 Å². The standard InChI is InChI=1S/C17H20BrN3OS/c1-11-16(18)12(2)21(20-11)15-5-3-13(4-6-15)17(22)19-14-7-9-23-10-8-14/h3-6,14H,7-10H2,1-2H3,(H,19,22). The second-order valence-electron chi connectivity index (χ2n) is 5.80. The van der Waals surface area contributed by atoms with Gasteiger partial charge in [-0.25, -0.2) is 4.68 Å². The lowest BCUT2D eigenvalue weighted by Gasteiger charge is -2.22. The molecule has 1 fully saturated rings. The van der Waals surface area contributed by atoms with Gasteiger partial charge in [0.15, 0.2) is 0 Å². The number of halogens is 1. The zero-order valence-electron chi connectivity index (χ0n) is 13.3. The van der Waals surface area contributed by atoms with Gasteiger partial charge in [-0.1, -0.05) is 0 Å². The molecule has 1 aromatic carbocycles. The monoisotopic (exact) mass is 393 g/mol. The van der Waals surface area contributed by atoms with Crippen LogP contribution in [0.5, 0.6) is 0 Å². The Kier molecular flexibility index (Phi) is 5.11. The molecule has 2 heterocycles. The van der Waals surface area contributed by atoms with Crippen LogP contribution < -0.4 is 5.32 Å². The molecule has 0 unspecified atom stereocenters. The predicted octanol–water partition coefficient (Wildman–Crippen LogP) is 3.88. The minimum atomic E-state index is 0.0167. The molecule has 1 aliphatic heterocycles. The highest BCUT2D eigenvalue weighted by molar-refractivity contribution is 9.10. The Hall–Kier alpha value is -1.27. The summed E-state index contributed by atoms with van der Waals surface area (Å²) < 4.78 is 2.91. The lowest BCUT2D eigenvalue weighted by molar-refractivity contribution is 0.0935. The van der Waals surface area contributed by atoms with E-state index in [0.29, 0.717) is 11.6 Å². The number of rotatable bonds is 3. The lowest BCUT2D eigenvalue weighted by atomic mass is 10.1. The van der Waals surface area contributed by atoms with Gasteiger partial charge in [-0.2, -0.15) is 16.9 Å². The van der Waals surface area contributed by atoms with Crippen molar-refractivity contribution in [3.63, 3.8) is 0 Å². The van der Waals surface area contributed by atoms with E-state index >= 15 is 0 Å². The van der Waals surface area contributed by atoms with Crippen molar-refractivity contribution >= 4 is 33.6 Å². The number of hydrogen-bond donors (Lipinski definition) is 1. The fourth-order valence-corrected chi connectivity index (χ4v) is 4.09. The highest BCUT2D eigenvalue weighted by atomic mass is 79.9. The van der Waals surface area contributed by atoms with Crippen molar-refractivity contribution in [2.24, 2.45) is 0 Å². The number of aryl methyl sites for hydroxylation is 1. The van der Waals surface area contributed by atoms with Gasteiger partial charge in [-0.15, -0.1) is 0 Å². The third kappa shape index (κ3) is 3.63. The van der Waals surface area contributed by atoms with E-state index in [1.165, 1.54) is 0 Å². The molecule has 3 rings (SSSR count). The van der Waals surface area contributed by atoms with Gasteiger partial charge in [0.2, 0.25) is 0 Å². The summed E-state index contributed by atoms with van der Waals surface area (Å²) in [6, 6.07) is 7.93. The van der Waals surface area contributed by atoms with Gasteiger partial charge < -0.3 is 5.32 Å². The molecular formula is C17H20BrN3OS. The number of nitrogens with zero attached hydrogens (tertiary/aromatic N) is 2. The normalized spacial score (nSPS) is 15.6. The zero-order valence-corrected chi connectivity index (χ0v) is 15.7. The molecule has 0 atom stereocenters.